The van der Waals surface area contributed by atoms with Crippen LogP contribution >= 0.6 is 11.3 Å². The van der Waals surface area contributed by atoms with E-state index in [2.05, 4.69) is 10.7 Å². The van der Waals surface area contributed by atoms with Gasteiger partial charge in [0.1, 0.15) is 22.8 Å². The largest absolute Gasteiger partial charge is 0.510 e. The fraction of sp³-hybridized carbons (Fsp3) is 0.543. The molecule has 6 unspecified atom stereocenters. The molecular formula is C35H40N4O7S. The zero-order chi connectivity index (χ0) is 33.3. The number of nitrogens with two attached hydrogens (primary N) is 1. The summed E-state index contributed by atoms with van der Waals surface area (Å²) in [4.78, 5) is 46.5. The van der Waals surface area contributed by atoms with Gasteiger partial charge in [-0.2, -0.15) is 0 Å². The number of Topliss-reactive ketones (excluding diaryl/α,β-unsaturated/α-hetero) is 2. The van der Waals surface area contributed by atoms with Crippen molar-refractivity contribution in [1.82, 2.24) is 9.88 Å². The van der Waals surface area contributed by atoms with Crippen LogP contribution in [0.1, 0.15) is 68.2 Å². The summed E-state index contributed by atoms with van der Waals surface area (Å²) in [6, 6.07) is 2.41. The van der Waals surface area contributed by atoms with E-state index in [0.29, 0.717) is 16.4 Å². The van der Waals surface area contributed by atoms with Crippen LogP contribution in [-0.4, -0.2) is 74.0 Å². The number of thiazole rings is 1. The predicted molar refractivity (Wildman–Crippen MR) is 174 cm³/mol. The molecule has 12 heteroatoms. The van der Waals surface area contributed by atoms with Gasteiger partial charge in [-0.05, 0) is 87.9 Å². The van der Waals surface area contributed by atoms with E-state index in [9.17, 15) is 34.8 Å². The molecule has 1 aromatic carbocycles. The van der Waals surface area contributed by atoms with Crippen LogP contribution in [0.5, 0.6) is 5.75 Å². The number of carbonyl (C=O) groups is 3. The standard InChI is InChI=1S/C35H40N4O7S/c1-13-17-4-5-18(37-34-38-19(12-47-34)35-9-14-6-15(10-35)8-16(7-14)11-35)27(40)21(17)29(42)23-20(13)28(41)22-24(30(23)43)31(44)25(33(36)46)32(45)26(22)39(2)3/h4-5,12-16,20,22,24,26,28,40-42,45H,6-11H2,1-3H3,(H2,36,46)(H,37,38). The number of amides is 1. The minimum absolute atomic E-state index is 0.0477. The fourth-order valence-corrected chi connectivity index (χ4v) is 11.7. The molecule has 248 valence electrons. The molecule has 0 aliphatic heterocycles. The van der Waals surface area contributed by atoms with Crippen LogP contribution in [0, 0.1) is 35.5 Å². The number of anilines is 2. The molecule has 6 atom stereocenters. The lowest BCUT2D eigenvalue weighted by Gasteiger charge is -2.56. The molecule has 1 amide bonds. The second-order valence-corrected chi connectivity index (χ2v) is 16.0. The van der Waals surface area contributed by atoms with E-state index in [1.807, 2.05) is 0 Å². The van der Waals surface area contributed by atoms with E-state index < -0.39 is 70.4 Å². The number of hydrogen-bond donors (Lipinski definition) is 6. The summed E-state index contributed by atoms with van der Waals surface area (Å²) < 4.78 is 0. The first-order valence-electron chi connectivity index (χ1n) is 16.5. The molecule has 7 aliphatic rings. The number of primary amides is 1. The van der Waals surface area contributed by atoms with E-state index in [-0.39, 0.29) is 22.3 Å². The minimum atomic E-state index is -1.56. The number of fused-ring (bicyclic) bond motifs is 3. The molecule has 1 aromatic heterocycles. The highest BCUT2D eigenvalue weighted by Gasteiger charge is 2.61. The summed E-state index contributed by atoms with van der Waals surface area (Å²) >= 11 is 1.48. The number of nitrogens with zero attached hydrogens (tertiary/aromatic N) is 2. The van der Waals surface area contributed by atoms with E-state index >= 15 is 0 Å². The number of hydrogen-bond acceptors (Lipinski definition) is 11. The molecule has 0 radical (unpaired) electrons. The molecule has 1 heterocycles. The first kappa shape index (κ1) is 30.6. The van der Waals surface area contributed by atoms with Crippen molar-refractivity contribution in [3.63, 3.8) is 0 Å². The number of phenolic OH excluding ortho intramolecular Hbond substituents is 1. The van der Waals surface area contributed by atoms with Gasteiger partial charge in [0.15, 0.2) is 16.7 Å². The number of aromatic nitrogens is 1. The summed E-state index contributed by atoms with van der Waals surface area (Å²) in [5.74, 6) is -6.10. The molecule has 0 saturated heterocycles. The molecule has 4 bridgehead atoms. The quantitative estimate of drug-likeness (QED) is 0.155. The molecule has 11 nitrogen and oxygen atoms in total. The van der Waals surface area contributed by atoms with Gasteiger partial charge in [-0.15, -0.1) is 11.3 Å². The highest BCUT2D eigenvalue weighted by Crippen LogP contribution is 2.61. The number of likely N-dealkylation sites (N-methyl/N-ethyl adjacent to an activating group) is 1. The van der Waals surface area contributed by atoms with Crippen molar-refractivity contribution < 1.29 is 34.8 Å². The number of aliphatic hydroxyl groups excluding tert-OH is 3. The SMILES string of the molecule is CC1c2ccc(Nc3nc(C45CC6CC(CC(C6)C4)C5)cs3)c(O)c2C(O)=C2C(=O)C3C(=O)C(C(N)=O)=C(O)C(N(C)C)C3C(O)C21. The topological polar surface area (TPSA) is 186 Å². The van der Waals surface area contributed by atoms with Gasteiger partial charge in [0.05, 0.1) is 35.0 Å². The van der Waals surface area contributed by atoms with E-state index in [0.717, 1.165) is 23.4 Å². The van der Waals surface area contributed by atoms with Crippen molar-refractivity contribution in [2.24, 2.45) is 41.2 Å². The van der Waals surface area contributed by atoms with Crippen molar-refractivity contribution in [1.29, 1.82) is 0 Å². The molecule has 7 N–H and O–H groups in total. The van der Waals surface area contributed by atoms with Crippen molar-refractivity contribution in [3.8, 4) is 5.75 Å². The van der Waals surface area contributed by atoms with Crippen LogP contribution in [0.2, 0.25) is 0 Å². The van der Waals surface area contributed by atoms with Gasteiger partial charge in [0.25, 0.3) is 5.91 Å². The Bertz CT molecular complexity index is 1770. The Hall–Kier alpha value is -3.74. The van der Waals surface area contributed by atoms with E-state index in [1.165, 1.54) is 54.8 Å². The Balaban J connectivity index is 1.15. The molecule has 47 heavy (non-hydrogen) atoms. The van der Waals surface area contributed by atoms with Crippen molar-refractivity contribution in [2.75, 3.05) is 19.4 Å². The first-order chi connectivity index (χ1) is 22.3. The second kappa shape index (κ2) is 10.4. The predicted octanol–water partition coefficient (Wildman–Crippen LogP) is 4.05. The number of ketones is 2. The average Bonchev–Trinajstić information content (AvgIpc) is 3.47. The molecule has 7 aliphatic carbocycles. The van der Waals surface area contributed by atoms with Gasteiger partial charge in [-0.3, -0.25) is 19.3 Å². The summed E-state index contributed by atoms with van der Waals surface area (Å²) in [6.45, 7) is 1.79. The van der Waals surface area contributed by atoms with Crippen LogP contribution in [0.3, 0.4) is 0 Å². The lowest BCUT2D eigenvalue weighted by Crippen LogP contribution is -2.61. The third-order valence-corrected chi connectivity index (χ3v) is 13.1. The molecule has 5 fully saturated rings. The third-order valence-electron chi connectivity index (χ3n) is 12.3. The Kier molecular flexibility index (Phi) is 6.75. The highest BCUT2D eigenvalue weighted by molar-refractivity contribution is 7.13. The number of nitrogens with one attached hydrogen (secondary N) is 1. The zero-order valence-electron chi connectivity index (χ0n) is 26.6. The zero-order valence-corrected chi connectivity index (χ0v) is 27.4. The molecule has 0 spiro atoms. The minimum Gasteiger partial charge on any atom is -0.510 e. The Morgan fingerprint density at radius 1 is 1.04 bits per heavy atom. The fourth-order valence-electron chi connectivity index (χ4n) is 10.8. The number of carbonyl (C=O) groups excluding carboxylic acids is 3. The van der Waals surface area contributed by atoms with Crippen molar-refractivity contribution in [3.05, 3.63) is 51.2 Å². The monoisotopic (exact) mass is 660 g/mol. The maximum atomic E-state index is 14.2. The van der Waals surface area contributed by atoms with Gasteiger partial charge in [-0.1, -0.05) is 13.0 Å². The summed E-state index contributed by atoms with van der Waals surface area (Å²) in [6.07, 6.45) is 6.21. The number of aliphatic hydroxyl groups is 3. The summed E-state index contributed by atoms with van der Waals surface area (Å²) in [5, 5.41) is 52.0. The van der Waals surface area contributed by atoms with Crippen LogP contribution in [0.25, 0.3) is 5.76 Å². The van der Waals surface area contributed by atoms with E-state index in [1.54, 1.807) is 33.2 Å². The molecular weight excluding hydrogens is 620 g/mol. The van der Waals surface area contributed by atoms with Crippen LogP contribution in [0.15, 0.2) is 34.4 Å². The van der Waals surface area contributed by atoms with Crippen LogP contribution < -0.4 is 11.1 Å². The molecule has 2 aromatic rings. The number of rotatable bonds is 5. The Labute approximate surface area is 276 Å². The van der Waals surface area contributed by atoms with Crippen LogP contribution in [0.4, 0.5) is 10.8 Å². The van der Waals surface area contributed by atoms with Crippen molar-refractivity contribution >= 4 is 45.4 Å². The molecule has 5 saturated carbocycles. The van der Waals surface area contributed by atoms with Gasteiger partial charge in [-0.25, -0.2) is 4.98 Å². The lowest BCUT2D eigenvalue weighted by atomic mass is 9.49. The van der Waals surface area contributed by atoms with Gasteiger partial charge in [0, 0.05) is 28.2 Å². The maximum Gasteiger partial charge on any atom is 0.255 e. The first-order valence-corrected chi connectivity index (χ1v) is 17.4. The number of benzene rings is 1. The Morgan fingerprint density at radius 2 is 1.68 bits per heavy atom. The number of phenols is 1. The Morgan fingerprint density at radius 3 is 2.28 bits per heavy atom. The maximum absolute atomic E-state index is 14.2. The van der Waals surface area contributed by atoms with Crippen LogP contribution in [-0.2, 0) is 19.8 Å². The second-order valence-electron chi connectivity index (χ2n) is 15.2. The molecule has 9 rings (SSSR count). The highest BCUT2D eigenvalue weighted by atomic mass is 32.1. The van der Waals surface area contributed by atoms with Gasteiger partial charge in [0.2, 0.25) is 0 Å². The van der Waals surface area contributed by atoms with Crippen molar-refractivity contribution in [2.45, 2.75) is 68.9 Å². The average molecular weight is 661 g/mol. The van der Waals surface area contributed by atoms with Gasteiger partial charge < -0.3 is 31.5 Å². The summed E-state index contributed by atoms with van der Waals surface area (Å²) in [7, 11) is 3.21. The van der Waals surface area contributed by atoms with Gasteiger partial charge >= 0.3 is 0 Å². The summed E-state index contributed by atoms with van der Waals surface area (Å²) in [5.41, 5.74) is 6.71. The van der Waals surface area contributed by atoms with E-state index in [4.69, 9.17) is 10.7 Å². The third kappa shape index (κ3) is 4.23. The number of aromatic hydroxyl groups is 1. The lowest BCUT2D eigenvalue weighted by molar-refractivity contribution is -0.143. The smallest absolute Gasteiger partial charge is 0.255 e. The normalized spacial score (nSPS) is 37.3.